The minimum absolute atomic E-state index is 0.195. The van der Waals surface area contributed by atoms with Gasteiger partial charge in [-0.15, -0.1) is 0 Å². The summed E-state index contributed by atoms with van der Waals surface area (Å²) < 4.78 is 31.0. The summed E-state index contributed by atoms with van der Waals surface area (Å²) in [6, 6.07) is 6.95. The van der Waals surface area contributed by atoms with Crippen molar-refractivity contribution in [2.75, 3.05) is 13.2 Å². The fraction of sp³-hybridized carbons (Fsp3) is 0.214. The van der Waals surface area contributed by atoms with E-state index in [1.54, 1.807) is 12.4 Å². The number of aromatic nitrogens is 1. The molecule has 0 bridgehead atoms. The summed E-state index contributed by atoms with van der Waals surface area (Å²) in [4.78, 5) is 4.00. The average molecular weight is 264 g/mol. The molecule has 0 amide bonds. The monoisotopic (exact) mass is 264 g/mol. The average Bonchev–Trinajstić information content (AvgIpc) is 2.38. The van der Waals surface area contributed by atoms with Gasteiger partial charge in [-0.05, 0) is 11.6 Å². The summed E-state index contributed by atoms with van der Waals surface area (Å²) in [5.74, 6) is -1.09. The molecule has 0 fully saturated rings. The van der Waals surface area contributed by atoms with Crippen LogP contribution in [-0.2, 0) is 6.54 Å². The Morgan fingerprint density at radius 1 is 1.16 bits per heavy atom. The van der Waals surface area contributed by atoms with E-state index in [1.165, 1.54) is 0 Å². The largest absolute Gasteiger partial charge is 0.492 e. The molecule has 0 aliphatic heterocycles. The van der Waals surface area contributed by atoms with Gasteiger partial charge in [-0.3, -0.25) is 4.98 Å². The smallest absolute Gasteiger partial charge is 0.129 e. The van der Waals surface area contributed by atoms with E-state index in [4.69, 9.17) is 4.74 Å². The van der Waals surface area contributed by atoms with E-state index >= 15 is 0 Å². The minimum atomic E-state index is -0.640. The second-order valence-corrected chi connectivity index (χ2v) is 3.99. The molecular formula is C14H14F2N2O. The molecule has 0 aliphatic rings. The maximum absolute atomic E-state index is 12.9. The third-order valence-corrected chi connectivity index (χ3v) is 2.44. The van der Waals surface area contributed by atoms with Gasteiger partial charge in [0.1, 0.15) is 24.0 Å². The van der Waals surface area contributed by atoms with E-state index in [1.807, 2.05) is 12.1 Å². The van der Waals surface area contributed by atoms with E-state index in [0.29, 0.717) is 19.7 Å². The number of hydrogen-bond donors (Lipinski definition) is 1. The minimum Gasteiger partial charge on any atom is -0.492 e. The van der Waals surface area contributed by atoms with Crippen LogP contribution in [0.4, 0.5) is 8.78 Å². The highest BCUT2D eigenvalue weighted by molar-refractivity contribution is 5.23. The highest BCUT2D eigenvalue weighted by atomic mass is 19.1. The highest BCUT2D eigenvalue weighted by Gasteiger charge is 2.01. The maximum Gasteiger partial charge on any atom is 0.129 e. The molecule has 5 heteroatoms. The Morgan fingerprint density at radius 2 is 1.95 bits per heavy atom. The number of pyridine rings is 1. The molecule has 1 N–H and O–H groups in total. The van der Waals surface area contributed by atoms with Crippen molar-refractivity contribution in [1.29, 1.82) is 0 Å². The third-order valence-electron chi connectivity index (χ3n) is 2.44. The number of nitrogens with zero attached hydrogens (tertiary/aromatic N) is 1. The third kappa shape index (κ3) is 4.63. The summed E-state index contributed by atoms with van der Waals surface area (Å²) in [7, 11) is 0. The zero-order valence-electron chi connectivity index (χ0n) is 10.3. The molecule has 100 valence electrons. The molecule has 0 saturated carbocycles. The van der Waals surface area contributed by atoms with Crippen LogP contribution in [0.15, 0.2) is 42.7 Å². The van der Waals surface area contributed by atoms with Gasteiger partial charge < -0.3 is 10.1 Å². The Balaban J connectivity index is 1.69. The molecule has 1 aromatic heterocycles. The lowest BCUT2D eigenvalue weighted by molar-refractivity contribution is 0.310. The SMILES string of the molecule is Fc1cc(F)cc(OCCNCc2cccnc2)c1. The molecule has 2 aromatic rings. The van der Waals surface area contributed by atoms with Gasteiger partial charge in [-0.25, -0.2) is 8.78 Å². The van der Waals surface area contributed by atoms with Crippen molar-refractivity contribution in [3.05, 3.63) is 59.9 Å². The molecule has 2 rings (SSSR count). The number of hydrogen-bond acceptors (Lipinski definition) is 3. The van der Waals surface area contributed by atoms with Crippen molar-refractivity contribution in [3.63, 3.8) is 0 Å². The van der Waals surface area contributed by atoms with Crippen LogP contribution in [0.3, 0.4) is 0 Å². The van der Waals surface area contributed by atoms with Crippen LogP contribution in [-0.4, -0.2) is 18.1 Å². The Kier molecular flexibility index (Phi) is 4.80. The van der Waals surface area contributed by atoms with Crippen LogP contribution < -0.4 is 10.1 Å². The normalized spacial score (nSPS) is 10.4. The Morgan fingerprint density at radius 3 is 2.63 bits per heavy atom. The van der Waals surface area contributed by atoms with Crippen molar-refractivity contribution >= 4 is 0 Å². The van der Waals surface area contributed by atoms with Gasteiger partial charge in [0.25, 0.3) is 0 Å². The van der Waals surface area contributed by atoms with Crippen molar-refractivity contribution in [3.8, 4) is 5.75 Å². The summed E-state index contributed by atoms with van der Waals surface area (Å²) >= 11 is 0. The molecule has 0 aliphatic carbocycles. The van der Waals surface area contributed by atoms with Gasteiger partial charge in [0.2, 0.25) is 0 Å². The predicted octanol–water partition coefficient (Wildman–Crippen LogP) is 2.53. The lowest BCUT2D eigenvalue weighted by Crippen LogP contribution is -2.20. The fourth-order valence-electron chi connectivity index (χ4n) is 1.59. The molecule has 1 heterocycles. The Hall–Kier alpha value is -2.01. The van der Waals surface area contributed by atoms with Gasteiger partial charge in [-0.2, -0.15) is 0 Å². The van der Waals surface area contributed by atoms with Crippen LogP contribution in [0.25, 0.3) is 0 Å². The van der Waals surface area contributed by atoms with Gasteiger partial charge in [-0.1, -0.05) is 6.07 Å². The van der Waals surface area contributed by atoms with Gasteiger partial charge >= 0.3 is 0 Å². The first kappa shape index (κ1) is 13.4. The maximum atomic E-state index is 12.9. The van der Waals surface area contributed by atoms with E-state index < -0.39 is 11.6 Å². The number of benzene rings is 1. The fourth-order valence-corrected chi connectivity index (χ4v) is 1.59. The first-order chi connectivity index (χ1) is 9.24. The molecule has 0 saturated heterocycles. The van der Waals surface area contributed by atoms with Crippen molar-refractivity contribution in [2.45, 2.75) is 6.54 Å². The summed E-state index contributed by atoms with van der Waals surface area (Å²) in [5, 5.41) is 3.15. The summed E-state index contributed by atoms with van der Waals surface area (Å²) in [6.45, 7) is 1.59. The number of ether oxygens (including phenoxy) is 1. The topological polar surface area (TPSA) is 34.1 Å². The van der Waals surface area contributed by atoms with Crippen LogP contribution in [0, 0.1) is 11.6 Å². The summed E-state index contributed by atoms with van der Waals surface area (Å²) in [6.07, 6.45) is 3.49. The van der Waals surface area contributed by atoms with Gasteiger partial charge in [0.05, 0.1) is 0 Å². The van der Waals surface area contributed by atoms with E-state index in [0.717, 1.165) is 23.8 Å². The van der Waals surface area contributed by atoms with Crippen LogP contribution in [0.2, 0.25) is 0 Å². The molecule has 3 nitrogen and oxygen atoms in total. The Labute approximate surface area is 110 Å². The van der Waals surface area contributed by atoms with E-state index in [9.17, 15) is 8.78 Å². The van der Waals surface area contributed by atoms with Crippen LogP contribution in [0.1, 0.15) is 5.56 Å². The molecule has 0 atom stereocenters. The van der Waals surface area contributed by atoms with Crippen molar-refractivity contribution < 1.29 is 13.5 Å². The zero-order valence-corrected chi connectivity index (χ0v) is 10.3. The van der Waals surface area contributed by atoms with E-state index in [-0.39, 0.29) is 5.75 Å². The molecule has 19 heavy (non-hydrogen) atoms. The lowest BCUT2D eigenvalue weighted by atomic mass is 10.3. The van der Waals surface area contributed by atoms with Crippen LogP contribution >= 0.6 is 0 Å². The highest BCUT2D eigenvalue weighted by Crippen LogP contribution is 2.14. The second kappa shape index (κ2) is 6.80. The van der Waals surface area contributed by atoms with E-state index in [2.05, 4.69) is 10.3 Å². The second-order valence-electron chi connectivity index (χ2n) is 3.99. The molecule has 0 radical (unpaired) electrons. The Bertz CT molecular complexity index is 500. The van der Waals surface area contributed by atoms with Crippen molar-refractivity contribution in [2.24, 2.45) is 0 Å². The predicted molar refractivity (Wildman–Crippen MR) is 67.8 cm³/mol. The van der Waals surface area contributed by atoms with Crippen LogP contribution in [0.5, 0.6) is 5.75 Å². The van der Waals surface area contributed by atoms with Gasteiger partial charge in [0.15, 0.2) is 0 Å². The quantitative estimate of drug-likeness (QED) is 0.814. The summed E-state index contributed by atoms with van der Waals surface area (Å²) in [5.41, 5.74) is 1.07. The standard InChI is InChI=1S/C14H14F2N2O/c15-12-6-13(16)8-14(7-12)19-5-4-18-10-11-2-1-3-17-9-11/h1-3,6-9,18H,4-5,10H2. The molecule has 0 unspecified atom stereocenters. The number of nitrogens with one attached hydrogen (secondary N) is 1. The molecule has 1 aromatic carbocycles. The lowest BCUT2D eigenvalue weighted by Gasteiger charge is -2.07. The zero-order chi connectivity index (χ0) is 13.5. The first-order valence-electron chi connectivity index (χ1n) is 5.92. The van der Waals surface area contributed by atoms with Crippen molar-refractivity contribution in [1.82, 2.24) is 10.3 Å². The number of rotatable bonds is 6. The molecule has 0 spiro atoms. The first-order valence-corrected chi connectivity index (χ1v) is 5.92. The van der Waals surface area contributed by atoms with Gasteiger partial charge in [0, 0.05) is 43.7 Å². The number of halogens is 2. The molecular weight excluding hydrogens is 250 g/mol.